The Hall–Kier alpha value is -1.59. The van der Waals surface area contributed by atoms with Crippen LogP contribution < -0.4 is 10.6 Å². The first-order chi connectivity index (χ1) is 9.66. The van der Waals surface area contributed by atoms with Gasteiger partial charge in [-0.3, -0.25) is 9.59 Å². The van der Waals surface area contributed by atoms with E-state index in [4.69, 9.17) is 0 Å². The number of amides is 2. The van der Waals surface area contributed by atoms with E-state index >= 15 is 0 Å². The fraction of sp³-hybridized carbons (Fsp3) is 0.467. The predicted octanol–water partition coefficient (Wildman–Crippen LogP) is 1.65. The van der Waals surface area contributed by atoms with Crippen molar-refractivity contribution in [3.63, 3.8) is 0 Å². The summed E-state index contributed by atoms with van der Waals surface area (Å²) < 4.78 is 0. The van der Waals surface area contributed by atoms with Gasteiger partial charge in [0.2, 0.25) is 11.8 Å². The standard InChI is InChI=1S/C15H21N3O2.ClH/c1-18(15(20)13-9-5-6-10-16-13)11-14(19)17-12-7-3-2-4-8-12;/h2-4,7-8,13,16H,5-6,9-11H2,1H3,(H,17,19);1H/t13-;/m0./s1. The zero-order valence-electron chi connectivity index (χ0n) is 12.2. The molecule has 0 radical (unpaired) electrons. The number of para-hydroxylation sites is 1. The third kappa shape index (κ3) is 5.36. The highest BCUT2D eigenvalue weighted by atomic mass is 35.5. The van der Waals surface area contributed by atoms with Crippen molar-refractivity contribution in [2.75, 3.05) is 25.5 Å². The Morgan fingerprint density at radius 1 is 1.29 bits per heavy atom. The van der Waals surface area contributed by atoms with Crippen LogP contribution in [-0.2, 0) is 9.59 Å². The fourth-order valence-corrected chi connectivity index (χ4v) is 2.34. The van der Waals surface area contributed by atoms with Gasteiger partial charge in [0.05, 0.1) is 12.6 Å². The van der Waals surface area contributed by atoms with Crippen molar-refractivity contribution in [1.29, 1.82) is 0 Å². The number of rotatable bonds is 4. The van der Waals surface area contributed by atoms with Crippen molar-refractivity contribution in [2.45, 2.75) is 25.3 Å². The number of halogens is 1. The van der Waals surface area contributed by atoms with E-state index in [1.54, 1.807) is 7.05 Å². The zero-order chi connectivity index (χ0) is 14.4. The number of nitrogens with zero attached hydrogens (tertiary/aromatic N) is 1. The van der Waals surface area contributed by atoms with Crippen LogP contribution in [0.25, 0.3) is 0 Å². The minimum atomic E-state index is -0.178. The molecule has 1 saturated heterocycles. The van der Waals surface area contributed by atoms with E-state index < -0.39 is 0 Å². The van der Waals surface area contributed by atoms with Gasteiger partial charge < -0.3 is 15.5 Å². The maximum absolute atomic E-state index is 12.2. The maximum Gasteiger partial charge on any atom is 0.243 e. The molecular weight excluding hydrogens is 290 g/mol. The summed E-state index contributed by atoms with van der Waals surface area (Å²) in [5.41, 5.74) is 0.745. The smallest absolute Gasteiger partial charge is 0.243 e. The molecule has 0 bridgehead atoms. The minimum absolute atomic E-state index is 0. The summed E-state index contributed by atoms with van der Waals surface area (Å²) in [5.74, 6) is -0.184. The summed E-state index contributed by atoms with van der Waals surface area (Å²) in [6.45, 7) is 0.951. The lowest BCUT2D eigenvalue weighted by atomic mass is 10.0. The molecule has 0 unspecified atom stereocenters. The molecule has 2 rings (SSSR count). The number of anilines is 1. The van der Waals surface area contributed by atoms with Gasteiger partial charge in [-0.1, -0.05) is 24.6 Å². The Labute approximate surface area is 131 Å². The summed E-state index contributed by atoms with van der Waals surface area (Å²) in [7, 11) is 1.67. The quantitative estimate of drug-likeness (QED) is 0.889. The van der Waals surface area contributed by atoms with E-state index in [2.05, 4.69) is 10.6 Å². The molecule has 1 aromatic carbocycles. The second-order valence-corrected chi connectivity index (χ2v) is 5.11. The van der Waals surface area contributed by atoms with Gasteiger partial charge in [-0.25, -0.2) is 0 Å². The third-order valence-corrected chi connectivity index (χ3v) is 3.42. The van der Waals surface area contributed by atoms with Crippen molar-refractivity contribution in [3.05, 3.63) is 30.3 Å². The molecule has 1 aromatic rings. The van der Waals surface area contributed by atoms with Gasteiger partial charge in [-0.05, 0) is 31.5 Å². The minimum Gasteiger partial charge on any atom is -0.335 e. The lowest BCUT2D eigenvalue weighted by molar-refractivity contribution is -0.135. The molecule has 2 amide bonds. The van der Waals surface area contributed by atoms with Crippen molar-refractivity contribution in [3.8, 4) is 0 Å². The number of nitrogens with one attached hydrogen (secondary N) is 2. The first-order valence-electron chi connectivity index (χ1n) is 7.00. The normalized spacial score (nSPS) is 17.5. The molecule has 21 heavy (non-hydrogen) atoms. The van der Waals surface area contributed by atoms with Gasteiger partial charge in [0, 0.05) is 12.7 Å². The molecule has 6 heteroatoms. The Morgan fingerprint density at radius 2 is 2.00 bits per heavy atom. The summed E-state index contributed by atoms with van der Waals surface area (Å²) >= 11 is 0. The molecule has 0 spiro atoms. The highest BCUT2D eigenvalue weighted by Gasteiger charge is 2.24. The predicted molar refractivity (Wildman–Crippen MR) is 85.6 cm³/mol. The second kappa shape index (κ2) is 8.64. The van der Waals surface area contributed by atoms with E-state index in [0.29, 0.717) is 0 Å². The molecule has 116 valence electrons. The van der Waals surface area contributed by atoms with Crippen LogP contribution in [0.5, 0.6) is 0 Å². The van der Waals surface area contributed by atoms with Crippen LogP contribution in [0.1, 0.15) is 19.3 Å². The van der Waals surface area contributed by atoms with E-state index in [0.717, 1.165) is 31.5 Å². The molecule has 1 aliphatic heterocycles. The van der Waals surface area contributed by atoms with Gasteiger partial charge in [0.25, 0.3) is 0 Å². The van der Waals surface area contributed by atoms with E-state index in [9.17, 15) is 9.59 Å². The van der Waals surface area contributed by atoms with E-state index in [-0.39, 0.29) is 36.8 Å². The Kier molecular flexibility index (Phi) is 7.19. The number of likely N-dealkylation sites (N-methyl/N-ethyl adjacent to an activating group) is 1. The SMILES string of the molecule is CN(CC(=O)Nc1ccccc1)C(=O)[C@@H]1CCCCN1.Cl. The monoisotopic (exact) mass is 311 g/mol. The summed E-state index contributed by atoms with van der Waals surface area (Å²) in [6, 6.07) is 9.11. The van der Waals surface area contributed by atoms with Crippen LogP contribution in [0.15, 0.2) is 30.3 Å². The molecular formula is C15H22ClN3O2. The first-order valence-corrected chi connectivity index (χ1v) is 7.00. The van der Waals surface area contributed by atoms with E-state index in [1.807, 2.05) is 30.3 Å². The molecule has 2 N–H and O–H groups in total. The third-order valence-electron chi connectivity index (χ3n) is 3.42. The number of piperidine rings is 1. The molecule has 1 aliphatic rings. The van der Waals surface area contributed by atoms with Crippen LogP contribution >= 0.6 is 12.4 Å². The highest BCUT2D eigenvalue weighted by Crippen LogP contribution is 2.09. The van der Waals surface area contributed by atoms with Gasteiger partial charge >= 0.3 is 0 Å². The fourth-order valence-electron chi connectivity index (χ4n) is 2.34. The van der Waals surface area contributed by atoms with Crippen molar-refractivity contribution in [1.82, 2.24) is 10.2 Å². The molecule has 1 atom stereocenters. The lowest BCUT2D eigenvalue weighted by Crippen LogP contribution is -2.48. The largest absolute Gasteiger partial charge is 0.335 e. The number of benzene rings is 1. The van der Waals surface area contributed by atoms with Crippen LogP contribution in [0.2, 0.25) is 0 Å². The average molecular weight is 312 g/mol. The van der Waals surface area contributed by atoms with Gasteiger partial charge in [0.15, 0.2) is 0 Å². The molecule has 5 nitrogen and oxygen atoms in total. The second-order valence-electron chi connectivity index (χ2n) is 5.11. The summed E-state index contributed by atoms with van der Waals surface area (Å²) in [4.78, 5) is 25.5. The lowest BCUT2D eigenvalue weighted by Gasteiger charge is -2.27. The van der Waals surface area contributed by atoms with E-state index in [1.165, 1.54) is 4.90 Å². The maximum atomic E-state index is 12.2. The average Bonchev–Trinajstić information content (AvgIpc) is 2.48. The highest BCUT2D eigenvalue weighted by molar-refractivity contribution is 5.95. The van der Waals surface area contributed by atoms with Crippen molar-refractivity contribution >= 4 is 29.9 Å². The van der Waals surface area contributed by atoms with Crippen LogP contribution in [0.3, 0.4) is 0 Å². The molecule has 1 fully saturated rings. The Balaban J connectivity index is 0.00000220. The topological polar surface area (TPSA) is 61.4 Å². The number of carbonyl (C=O) groups is 2. The van der Waals surface area contributed by atoms with Gasteiger partial charge in [0.1, 0.15) is 0 Å². The molecule has 0 aliphatic carbocycles. The van der Waals surface area contributed by atoms with Crippen LogP contribution in [0, 0.1) is 0 Å². The van der Waals surface area contributed by atoms with Gasteiger partial charge in [-0.2, -0.15) is 0 Å². The Morgan fingerprint density at radius 3 is 2.62 bits per heavy atom. The van der Waals surface area contributed by atoms with Crippen LogP contribution in [0.4, 0.5) is 5.69 Å². The summed E-state index contributed by atoms with van der Waals surface area (Å²) in [5, 5.41) is 5.98. The molecule has 1 heterocycles. The molecule has 0 saturated carbocycles. The van der Waals surface area contributed by atoms with Gasteiger partial charge in [-0.15, -0.1) is 12.4 Å². The van der Waals surface area contributed by atoms with Crippen LogP contribution in [-0.4, -0.2) is 42.9 Å². The van der Waals surface area contributed by atoms with Crippen molar-refractivity contribution < 1.29 is 9.59 Å². The molecule has 0 aromatic heterocycles. The Bertz CT molecular complexity index is 461. The first kappa shape index (κ1) is 17.5. The van der Waals surface area contributed by atoms with Crippen molar-refractivity contribution in [2.24, 2.45) is 0 Å². The summed E-state index contributed by atoms with van der Waals surface area (Å²) in [6.07, 6.45) is 3.03. The number of hydrogen-bond donors (Lipinski definition) is 2. The number of hydrogen-bond acceptors (Lipinski definition) is 3. The zero-order valence-corrected chi connectivity index (χ0v) is 13.0. The number of carbonyl (C=O) groups excluding carboxylic acids is 2.